The highest BCUT2D eigenvalue weighted by molar-refractivity contribution is 7.89. The lowest BCUT2D eigenvalue weighted by Gasteiger charge is -2.08. The van der Waals surface area contributed by atoms with E-state index in [2.05, 4.69) is 20.2 Å². The van der Waals surface area contributed by atoms with Crippen molar-refractivity contribution in [2.24, 2.45) is 5.92 Å². The molecule has 2 N–H and O–H groups in total. The Kier molecular flexibility index (Phi) is 4.36. The summed E-state index contributed by atoms with van der Waals surface area (Å²) in [5.74, 6) is 1.86. The molecule has 1 aliphatic rings. The Balaban J connectivity index is 1.62. The van der Waals surface area contributed by atoms with Crippen LogP contribution in [0.25, 0.3) is 0 Å². The van der Waals surface area contributed by atoms with Crippen LogP contribution < -0.4 is 10.0 Å². The molecule has 0 amide bonds. The van der Waals surface area contributed by atoms with E-state index in [1.54, 1.807) is 12.1 Å². The van der Waals surface area contributed by atoms with Crippen LogP contribution in [0.3, 0.4) is 0 Å². The molecule has 8 heteroatoms. The molecule has 0 aromatic carbocycles. The fraction of sp³-hybridized carbons (Fsp3) is 0.467. The summed E-state index contributed by atoms with van der Waals surface area (Å²) in [6, 6.07) is 3.21. The number of nitrogens with zero attached hydrogens (tertiary/aromatic N) is 2. The highest BCUT2D eigenvalue weighted by Gasteiger charge is 2.24. The van der Waals surface area contributed by atoms with E-state index in [4.69, 9.17) is 4.52 Å². The second kappa shape index (κ2) is 6.29. The molecule has 0 atom stereocenters. The molecule has 0 unspecified atom stereocenters. The number of nitrogens with one attached hydrogen (secondary N) is 2. The number of anilines is 1. The Morgan fingerprint density at radius 1 is 1.30 bits per heavy atom. The van der Waals surface area contributed by atoms with Crippen LogP contribution in [-0.4, -0.2) is 25.1 Å². The molecule has 0 spiro atoms. The first-order valence-corrected chi connectivity index (χ1v) is 9.05. The first-order valence-electron chi connectivity index (χ1n) is 7.57. The van der Waals surface area contributed by atoms with Crippen LogP contribution in [0.5, 0.6) is 0 Å². The second-order valence-electron chi connectivity index (χ2n) is 5.83. The zero-order chi connectivity index (χ0) is 16.4. The van der Waals surface area contributed by atoms with Gasteiger partial charge in [0.15, 0.2) is 0 Å². The van der Waals surface area contributed by atoms with Crippen LogP contribution >= 0.6 is 0 Å². The summed E-state index contributed by atoms with van der Waals surface area (Å²) in [6.45, 7) is 4.77. The predicted octanol–water partition coefficient (Wildman–Crippen LogP) is 1.99. The van der Waals surface area contributed by atoms with Gasteiger partial charge in [0.2, 0.25) is 10.0 Å². The number of hydrogen-bond donors (Lipinski definition) is 2. The van der Waals surface area contributed by atoms with Gasteiger partial charge in [0, 0.05) is 24.8 Å². The molecule has 1 aliphatic carbocycles. The zero-order valence-electron chi connectivity index (χ0n) is 13.2. The van der Waals surface area contributed by atoms with Gasteiger partial charge in [0.05, 0.1) is 5.69 Å². The van der Waals surface area contributed by atoms with Gasteiger partial charge in [-0.05, 0) is 44.7 Å². The quantitative estimate of drug-likeness (QED) is 0.802. The van der Waals surface area contributed by atoms with Gasteiger partial charge in [0.25, 0.3) is 0 Å². The number of sulfonamides is 1. The second-order valence-corrected chi connectivity index (χ2v) is 7.60. The average molecular weight is 336 g/mol. The van der Waals surface area contributed by atoms with Crippen molar-refractivity contribution >= 4 is 15.8 Å². The van der Waals surface area contributed by atoms with Crippen molar-refractivity contribution in [2.75, 3.05) is 11.9 Å². The lowest BCUT2D eigenvalue weighted by Crippen LogP contribution is -2.25. The average Bonchev–Trinajstić information content (AvgIpc) is 3.31. The van der Waals surface area contributed by atoms with Gasteiger partial charge in [-0.1, -0.05) is 5.16 Å². The normalized spacial score (nSPS) is 14.9. The Labute approximate surface area is 135 Å². The Bertz CT molecular complexity index is 760. The fourth-order valence-electron chi connectivity index (χ4n) is 2.21. The molecule has 0 aliphatic heterocycles. The summed E-state index contributed by atoms with van der Waals surface area (Å²) in [5.41, 5.74) is 1.81. The maximum absolute atomic E-state index is 12.1. The molecule has 3 rings (SSSR count). The van der Waals surface area contributed by atoms with Crippen molar-refractivity contribution in [1.82, 2.24) is 14.9 Å². The molecular weight excluding hydrogens is 316 g/mol. The van der Waals surface area contributed by atoms with Crippen molar-refractivity contribution in [1.29, 1.82) is 0 Å². The Morgan fingerprint density at radius 2 is 2.09 bits per heavy atom. The predicted molar refractivity (Wildman–Crippen MR) is 85.5 cm³/mol. The summed E-state index contributed by atoms with van der Waals surface area (Å²) < 4.78 is 32.0. The van der Waals surface area contributed by atoms with Crippen molar-refractivity contribution in [3.8, 4) is 0 Å². The molecule has 0 bridgehead atoms. The molecule has 0 saturated heterocycles. The van der Waals surface area contributed by atoms with Crippen LogP contribution in [0.4, 0.5) is 5.82 Å². The lowest BCUT2D eigenvalue weighted by atomic mass is 10.2. The smallest absolute Gasteiger partial charge is 0.242 e. The molecule has 1 fully saturated rings. The van der Waals surface area contributed by atoms with E-state index < -0.39 is 10.0 Å². The third kappa shape index (κ3) is 3.89. The van der Waals surface area contributed by atoms with Gasteiger partial charge >= 0.3 is 0 Å². The zero-order valence-corrected chi connectivity index (χ0v) is 14.0. The minimum atomic E-state index is -3.47. The van der Waals surface area contributed by atoms with E-state index in [1.807, 2.05) is 13.8 Å². The van der Waals surface area contributed by atoms with E-state index >= 15 is 0 Å². The third-order valence-corrected chi connectivity index (χ3v) is 5.34. The Morgan fingerprint density at radius 3 is 2.65 bits per heavy atom. The molecule has 2 aromatic rings. The number of rotatable bonds is 7. The first-order chi connectivity index (χ1) is 11.0. The summed E-state index contributed by atoms with van der Waals surface area (Å²) >= 11 is 0. The van der Waals surface area contributed by atoms with Gasteiger partial charge < -0.3 is 9.84 Å². The molecule has 1 saturated carbocycles. The molecule has 0 radical (unpaired) electrons. The largest absolute Gasteiger partial charge is 0.366 e. The van der Waals surface area contributed by atoms with Crippen LogP contribution in [0, 0.1) is 19.8 Å². The van der Waals surface area contributed by atoms with E-state index in [1.165, 1.54) is 6.20 Å². The topological polar surface area (TPSA) is 97.1 Å². The van der Waals surface area contributed by atoms with E-state index in [0.717, 1.165) is 29.9 Å². The van der Waals surface area contributed by atoms with Crippen LogP contribution in [0.15, 0.2) is 27.7 Å². The number of aromatic nitrogens is 2. The standard InChI is InChI=1S/C15H20N4O3S/c1-10-14(11(2)22-19-10)9-17-15-6-5-13(8-16-15)23(20,21)18-7-12-3-4-12/h5-6,8,12,18H,3-4,7,9H2,1-2H3,(H,16,17). The van der Waals surface area contributed by atoms with Gasteiger partial charge in [-0.3, -0.25) is 0 Å². The van der Waals surface area contributed by atoms with E-state index in [0.29, 0.717) is 24.8 Å². The maximum atomic E-state index is 12.1. The van der Waals surface area contributed by atoms with Crippen molar-refractivity contribution in [3.05, 3.63) is 35.3 Å². The molecule has 23 heavy (non-hydrogen) atoms. The highest BCUT2D eigenvalue weighted by Crippen LogP contribution is 2.28. The number of aryl methyl sites for hydroxylation is 2. The van der Waals surface area contributed by atoms with Crippen LogP contribution in [0.1, 0.15) is 29.9 Å². The number of hydrogen-bond acceptors (Lipinski definition) is 6. The lowest BCUT2D eigenvalue weighted by molar-refractivity contribution is 0.392. The summed E-state index contributed by atoms with van der Waals surface area (Å²) in [7, 11) is -3.47. The SMILES string of the molecule is Cc1noc(C)c1CNc1ccc(S(=O)(=O)NCC2CC2)cn1. The van der Waals surface area contributed by atoms with E-state index in [9.17, 15) is 8.42 Å². The van der Waals surface area contributed by atoms with Gasteiger partial charge in [0.1, 0.15) is 16.5 Å². The molecular formula is C15H20N4O3S. The summed E-state index contributed by atoms with van der Waals surface area (Å²) in [5, 5.41) is 7.03. The third-order valence-electron chi connectivity index (χ3n) is 3.93. The first kappa shape index (κ1) is 15.9. The Hall–Kier alpha value is -1.93. The van der Waals surface area contributed by atoms with Gasteiger partial charge in [-0.15, -0.1) is 0 Å². The maximum Gasteiger partial charge on any atom is 0.242 e. The fourth-order valence-corrected chi connectivity index (χ4v) is 3.27. The summed E-state index contributed by atoms with van der Waals surface area (Å²) in [6.07, 6.45) is 3.57. The van der Waals surface area contributed by atoms with Crippen molar-refractivity contribution in [2.45, 2.75) is 38.1 Å². The van der Waals surface area contributed by atoms with Crippen LogP contribution in [-0.2, 0) is 16.6 Å². The monoisotopic (exact) mass is 336 g/mol. The van der Waals surface area contributed by atoms with Gasteiger partial charge in [-0.2, -0.15) is 0 Å². The minimum absolute atomic E-state index is 0.182. The van der Waals surface area contributed by atoms with Crippen LogP contribution in [0.2, 0.25) is 0 Å². The van der Waals surface area contributed by atoms with Crippen molar-refractivity contribution in [3.63, 3.8) is 0 Å². The number of pyridine rings is 1. The molecule has 124 valence electrons. The van der Waals surface area contributed by atoms with Gasteiger partial charge in [-0.25, -0.2) is 18.1 Å². The molecule has 2 aromatic heterocycles. The van der Waals surface area contributed by atoms with E-state index in [-0.39, 0.29) is 4.90 Å². The molecule has 7 nitrogen and oxygen atoms in total. The minimum Gasteiger partial charge on any atom is -0.366 e. The highest BCUT2D eigenvalue weighted by atomic mass is 32.2. The summed E-state index contributed by atoms with van der Waals surface area (Å²) in [4.78, 5) is 4.35. The van der Waals surface area contributed by atoms with Crippen molar-refractivity contribution < 1.29 is 12.9 Å². The molecule has 2 heterocycles.